The number of hydrogen-bond donors (Lipinski definition) is 1. The van der Waals surface area contributed by atoms with Crippen molar-refractivity contribution in [3.8, 4) is 0 Å². The Kier molecular flexibility index (Phi) is 2.67. The molecule has 1 aliphatic rings. The molecule has 2 atom stereocenters. The summed E-state index contributed by atoms with van der Waals surface area (Å²) in [6, 6.07) is 6.57. The lowest BCUT2D eigenvalue weighted by atomic mass is 9.96. The van der Waals surface area contributed by atoms with Crippen molar-refractivity contribution >= 4 is 27.7 Å². The van der Waals surface area contributed by atoms with Crippen LogP contribution in [0.4, 0.5) is 0 Å². The quantitative estimate of drug-likeness (QED) is 0.773. The zero-order chi connectivity index (χ0) is 9.42. The van der Waals surface area contributed by atoms with Crippen LogP contribution in [0.25, 0.3) is 0 Å². The van der Waals surface area contributed by atoms with E-state index in [1.165, 1.54) is 10.5 Å². The van der Waals surface area contributed by atoms with Crippen LogP contribution in [0.2, 0.25) is 0 Å². The largest absolute Gasteiger partial charge is 0.324 e. The van der Waals surface area contributed by atoms with Gasteiger partial charge in [0.05, 0.1) is 0 Å². The maximum absolute atomic E-state index is 6.11. The first kappa shape index (κ1) is 9.56. The van der Waals surface area contributed by atoms with E-state index in [1.807, 2.05) is 11.8 Å². The molecule has 1 heterocycles. The Morgan fingerprint density at radius 3 is 3.08 bits per heavy atom. The third-order valence-corrected chi connectivity index (χ3v) is 4.30. The number of benzene rings is 1. The Morgan fingerprint density at radius 1 is 1.54 bits per heavy atom. The molecule has 1 nitrogen and oxygen atoms in total. The Balaban J connectivity index is 2.44. The highest BCUT2D eigenvalue weighted by atomic mass is 79.9. The number of rotatable bonds is 0. The summed E-state index contributed by atoms with van der Waals surface area (Å²) in [6.07, 6.45) is 0. The second kappa shape index (κ2) is 3.64. The van der Waals surface area contributed by atoms with Crippen LogP contribution in [0.5, 0.6) is 0 Å². The lowest BCUT2D eigenvalue weighted by Crippen LogP contribution is -2.24. The maximum atomic E-state index is 6.11. The van der Waals surface area contributed by atoms with Crippen molar-refractivity contribution in [3.05, 3.63) is 28.2 Å². The van der Waals surface area contributed by atoms with Gasteiger partial charge >= 0.3 is 0 Å². The summed E-state index contributed by atoms with van der Waals surface area (Å²) >= 11 is 5.38. The van der Waals surface area contributed by atoms with Gasteiger partial charge in [-0.05, 0) is 23.6 Å². The summed E-state index contributed by atoms with van der Waals surface area (Å²) in [7, 11) is 0. The van der Waals surface area contributed by atoms with Gasteiger partial charge in [-0.25, -0.2) is 0 Å². The summed E-state index contributed by atoms with van der Waals surface area (Å²) in [6.45, 7) is 2.21. The summed E-state index contributed by atoms with van der Waals surface area (Å²) in [5, 5.41) is 0. The molecule has 2 rings (SSSR count). The highest BCUT2D eigenvalue weighted by Crippen LogP contribution is 2.39. The van der Waals surface area contributed by atoms with Gasteiger partial charge in [0.2, 0.25) is 0 Å². The second-order valence-electron chi connectivity index (χ2n) is 3.50. The highest BCUT2D eigenvalue weighted by Gasteiger charge is 2.23. The average molecular weight is 258 g/mol. The van der Waals surface area contributed by atoms with Crippen molar-refractivity contribution < 1.29 is 0 Å². The SMILES string of the molecule is CC1CSc2cc(Br)ccc2C1N. The van der Waals surface area contributed by atoms with Gasteiger partial charge in [0.15, 0.2) is 0 Å². The Labute approximate surface area is 91.2 Å². The van der Waals surface area contributed by atoms with Gasteiger partial charge in [0.25, 0.3) is 0 Å². The highest BCUT2D eigenvalue weighted by molar-refractivity contribution is 9.10. The second-order valence-corrected chi connectivity index (χ2v) is 5.47. The molecule has 0 spiro atoms. The van der Waals surface area contributed by atoms with E-state index in [4.69, 9.17) is 5.73 Å². The fourth-order valence-corrected chi connectivity index (χ4v) is 3.28. The van der Waals surface area contributed by atoms with Crippen LogP contribution in [-0.4, -0.2) is 5.75 Å². The first-order valence-electron chi connectivity index (χ1n) is 4.36. The fourth-order valence-electron chi connectivity index (χ4n) is 1.54. The molecule has 0 aliphatic carbocycles. The van der Waals surface area contributed by atoms with E-state index in [1.54, 1.807) is 0 Å². The molecule has 3 heteroatoms. The maximum Gasteiger partial charge on any atom is 0.0340 e. The molecule has 13 heavy (non-hydrogen) atoms. The zero-order valence-electron chi connectivity index (χ0n) is 7.46. The molecule has 0 saturated carbocycles. The van der Waals surface area contributed by atoms with Crippen LogP contribution in [0.15, 0.2) is 27.6 Å². The topological polar surface area (TPSA) is 26.0 Å². The molecule has 2 unspecified atom stereocenters. The predicted molar refractivity (Wildman–Crippen MR) is 61.0 cm³/mol. The summed E-state index contributed by atoms with van der Waals surface area (Å²) in [5.74, 6) is 1.71. The van der Waals surface area contributed by atoms with Crippen molar-refractivity contribution in [1.29, 1.82) is 0 Å². The Bertz CT molecular complexity index is 327. The first-order chi connectivity index (χ1) is 6.18. The standard InChI is InChI=1S/C10H12BrNS/c1-6-5-13-9-4-7(11)2-3-8(9)10(6)12/h2-4,6,10H,5,12H2,1H3. The lowest BCUT2D eigenvalue weighted by Gasteiger charge is -2.27. The number of halogens is 1. The van der Waals surface area contributed by atoms with Crippen LogP contribution in [0, 0.1) is 5.92 Å². The van der Waals surface area contributed by atoms with E-state index >= 15 is 0 Å². The molecule has 2 N–H and O–H groups in total. The predicted octanol–water partition coefficient (Wildman–Crippen LogP) is 3.19. The Morgan fingerprint density at radius 2 is 2.31 bits per heavy atom. The van der Waals surface area contributed by atoms with E-state index in [2.05, 4.69) is 41.1 Å². The molecular formula is C10H12BrNS. The summed E-state index contributed by atoms with van der Waals surface area (Å²) in [5.41, 5.74) is 7.41. The molecule has 0 radical (unpaired) electrons. The Hall–Kier alpha value is 0.01000. The summed E-state index contributed by atoms with van der Waals surface area (Å²) in [4.78, 5) is 1.33. The number of thioether (sulfide) groups is 1. The van der Waals surface area contributed by atoms with Crippen molar-refractivity contribution in [2.45, 2.75) is 17.9 Å². The van der Waals surface area contributed by atoms with Crippen LogP contribution in [0.3, 0.4) is 0 Å². The van der Waals surface area contributed by atoms with Gasteiger partial charge in [-0.15, -0.1) is 11.8 Å². The number of hydrogen-bond acceptors (Lipinski definition) is 2. The molecular weight excluding hydrogens is 246 g/mol. The minimum Gasteiger partial charge on any atom is -0.324 e. The van der Waals surface area contributed by atoms with Crippen molar-refractivity contribution in [1.82, 2.24) is 0 Å². The summed E-state index contributed by atoms with van der Waals surface area (Å²) < 4.78 is 1.14. The van der Waals surface area contributed by atoms with E-state index in [0.29, 0.717) is 5.92 Å². The zero-order valence-corrected chi connectivity index (χ0v) is 9.86. The van der Waals surface area contributed by atoms with Gasteiger partial charge < -0.3 is 5.73 Å². The first-order valence-corrected chi connectivity index (χ1v) is 6.14. The van der Waals surface area contributed by atoms with Gasteiger partial charge in [0.1, 0.15) is 0 Å². The van der Waals surface area contributed by atoms with Crippen molar-refractivity contribution in [2.24, 2.45) is 11.7 Å². The van der Waals surface area contributed by atoms with Crippen molar-refractivity contribution in [2.75, 3.05) is 5.75 Å². The molecule has 1 aromatic carbocycles. The van der Waals surface area contributed by atoms with Crippen LogP contribution < -0.4 is 5.73 Å². The molecule has 0 amide bonds. The van der Waals surface area contributed by atoms with E-state index in [9.17, 15) is 0 Å². The minimum atomic E-state index is 0.212. The normalized spacial score (nSPS) is 27.0. The molecule has 70 valence electrons. The average Bonchev–Trinajstić information content (AvgIpc) is 2.12. The van der Waals surface area contributed by atoms with E-state index in [-0.39, 0.29) is 6.04 Å². The van der Waals surface area contributed by atoms with Gasteiger partial charge in [-0.1, -0.05) is 28.9 Å². The third-order valence-electron chi connectivity index (χ3n) is 2.45. The molecule has 0 fully saturated rings. The van der Waals surface area contributed by atoms with Gasteiger partial charge in [-0.2, -0.15) is 0 Å². The molecule has 1 aromatic rings. The molecule has 0 bridgehead atoms. The van der Waals surface area contributed by atoms with Crippen molar-refractivity contribution in [3.63, 3.8) is 0 Å². The van der Waals surface area contributed by atoms with Gasteiger partial charge in [0, 0.05) is 21.2 Å². The molecule has 0 aromatic heterocycles. The number of nitrogens with two attached hydrogens (primary N) is 1. The van der Waals surface area contributed by atoms with Crippen LogP contribution in [-0.2, 0) is 0 Å². The van der Waals surface area contributed by atoms with Crippen LogP contribution >= 0.6 is 27.7 Å². The minimum absolute atomic E-state index is 0.212. The van der Waals surface area contributed by atoms with Crippen LogP contribution in [0.1, 0.15) is 18.5 Å². The molecule has 0 saturated heterocycles. The van der Waals surface area contributed by atoms with Gasteiger partial charge in [-0.3, -0.25) is 0 Å². The molecule has 1 aliphatic heterocycles. The van der Waals surface area contributed by atoms with E-state index < -0.39 is 0 Å². The van der Waals surface area contributed by atoms with E-state index in [0.717, 1.165) is 10.2 Å². The fraction of sp³-hybridized carbons (Fsp3) is 0.400. The monoisotopic (exact) mass is 257 g/mol. The third kappa shape index (κ3) is 1.78. The lowest BCUT2D eigenvalue weighted by molar-refractivity contribution is 0.507. The smallest absolute Gasteiger partial charge is 0.0340 e. The number of fused-ring (bicyclic) bond motifs is 1.